The van der Waals surface area contributed by atoms with Crippen molar-refractivity contribution in [3.8, 4) is 40.3 Å². The number of carbonyl (C=O) groups is 1. The van der Waals surface area contributed by atoms with Crippen LogP contribution in [0.5, 0.6) is 28.9 Å². The van der Waals surface area contributed by atoms with Crippen molar-refractivity contribution in [3.05, 3.63) is 66.7 Å². The van der Waals surface area contributed by atoms with Crippen LogP contribution in [0, 0.1) is 0 Å². The van der Waals surface area contributed by atoms with E-state index in [1.807, 2.05) is 20.8 Å². The molecule has 2 aromatic heterocycles. The van der Waals surface area contributed by atoms with Crippen molar-refractivity contribution >= 4 is 11.6 Å². The van der Waals surface area contributed by atoms with Gasteiger partial charge in [0.2, 0.25) is 11.6 Å². The van der Waals surface area contributed by atoms with Crippen molar-refractivity contribution in [1.29, 1.82) is 0 Å². The summed E-state index contributed by atoms with van der Waals surface area (Å²) in [6.45, 7) is 6.89. The van der Waals surface area contributed by atoms with Crippen molar-refractivity contribution in [2.75, 3.05) is 25.1 Å². The average molecular weight is 491 g/mol. The molecule has 0 atom stereocenters. The summed E-state index contributed by atoms with van der Waals surface area (Å²) in [5.74, 6) is 1.96. The summed E-state index contributed by atoms with van der Waals surface area (Å²) < 4.78 is 27.8. The highest BCUT2D eigenvalue weighted by atomic mass is 16.5. The molecule has 0 saturated heterocycles. The first-order valence-electron chi connectivity index (χ1n) is 11.5. The fourth-order valence-electron chi connectivity index (χ4n) is 3.33. The molecule has 10 heteroatoms. The summed E-state index contributed by atoms with van der Waals surface area (Å²) >= 11 is 0. The summed E-state index contributed by atoms with van der Waals surface area (Å²) in [5.41, 5.74) is 2.12. The molecule has 0 spiro atoms. The number of benzene rings is 2. The van der Waals surface area contributed by atoms with Gasteiger partial charge in [0.25, 0.3) is 5.91 Å². The Bertz CT molecular complexity index is 1270. The van der Waals surface area contributed by atoms with Gasteiger partial charge in [-0.25, -0.2) is 9.97 Å². The number of carbonyl (C=O) groups excluding carboxylic acids is 1. The van der Waals surface area contributed by atoms with E-state index in [-0.39, 0.29) is 5.91 Å². The van der Waals surface area contributed by atoms with Crippen LogP contribution in [-0.2, 0) is 0 Å². The summed E-state index contributed by atoms with van der Waals surface area (Å²) in [4.78, 5) is 21.3. The third-order valence-electron chi connectivity index (χ3n) is 4.85. The smallest absolute Gasteiger partial charge is 0.255 e. The van der Waals surface area contributed by atoms with Crippen LogP contribution in [-0.4, -0.2) is 40.9 Å². The second-order valence-corrected chi connectivity index (χ2v) is 7.31. The number of hydrogen-bond donors (Lipinski definition) is 1. The molecular formula is C26H26N4O6. The third-order valence-corrected chi connectivity index (χ3v) is 4.85. The number of hydrogen-bond acceptors (Lipinski definition) is 9. The van der Waals surface area contributed by atoms with E-state index in [1.165, 1.54) is 12.6 Å². The van der Waals surface area contributed by atoms with Crippen LogP contribution < -0.4 is 24.3 Å². The Morgan fingerprint density at radius 2 is 1.56 bits per heavy atom. The summed E-state index contributed by atoms with van der Waals surface area (Å²) in [6, 6.07) is 13.6. The Morgan fingerprint density at radius 1 is 0.861 bits per heavy atom. The van der Waals surface area contributed by atoms with Gasteiger partial charge in [0.1, 0.15) is 24.0 Å². The molecule has 1 amide bonds. The van der Waals surface area contributed by atoms with E-state index < -0.39 is 0 Å². The van der Waals surface area contributed by atoms with Crippen LogP contribution in [0.3, 0.4) is 0 Å². The van der Waals surface area contributed by atoms with Gasteiger partial charge in [-0.15, -0.1) is 0 Å². The van der Waals surface area contributed by atoms with Gasteiger partial charge in [-0.2, -0.15) is 0 Å². The first-order valence-corrected chi connectivity index (χ1v) is 11.5. The molecule has 0 aliphatic heterocycles. The molecule has 10 nitrogen and oxygen atoms in total. The molecule has 0 aliphatic carbocycles. The Balaban J connectivity index is 1.47. The summed E-state index contributed by atoms with van der Waals surface area (Å²) in [6.07, 6.45) is 2.85. The predicted octanol–water partition coefficient (Wildman–Crippen LogP) is 5.37. The number of rotatable bonds is 11. The zero-order valence-corrected chi connectivity index (χ0v) is 20.2. The lowest BCUT2D eigenvalue weighted by Crippen LogP contribution is -2.13. The molecule has 4 aromatic rings. The number of nitrogens with one attached hydrogen (secondary N) is 1. The van der Waals surface area contributed by atoms with Gasteiger partial charge in [0, 0.05) is 23.4 Å². The van der Waals surface area contributed by atoms with Gasteiger partial charge >= 0.3 is 0 Å². The SMILES string of the molecule is CCOc1cc(C(=O)Nc2ccc(Oc3cc(-c4ccon4)ncn3)cc2)cc(OCC)c1OCC. The van der Waals surface area contributed by atoms with Gasteiger partial charge < -0.3 is 28.8 Å². The molecular weight excluding hydrogens is 464 g/mol. The zero-order valence-electron chi connectivity index (χ0n) is 20.2. The lowest BCUT2D eigenvalue weighted by atomic mass is 10.1. The number of aromatic nitrogens is 3. The van der Waals surface area contributed by atoms with Gasteiger partial charge in [0.15, 0.2) is 11.5 Å². The molecule has 0 bridgehead atoms. The summed E-state index contributed by atoms with van der Waals surface area (Å²) in [7, 11) is 0. The Hall–Kier alpha value is -4.60. The van der Waals surface area contributed by atoms with Gasteiger partial charge in [-0.3, -0.25) is 4.79 Å². The highest BCUT2D eigenvalue weighted by Gasteiger charge is 2.18. The largest absolute Gasteiger partial charge is 0.490 e. The number of nitrogens with zero attached hydrogens (tertiary/aromatic N) is 3. The minimum Gasteiger partial charge on any atom is -0.490 e. The van der Waals surface area contributed by atoms with Crippen molar-refractivity contribution in [1.82, 2.24) is 15.1 Å². The Morgan fingerprint density at radius 3 is 2.17 bits per heavy atom. The van der Waals surface area contributed by atoms with Crippen LogP contribution in [0.15, 0.2) is 65.6 Å². The molecule has 186 valence electrons. The van der Waals surface area contributed by atoms with Crippen LogP contribution in [0.2, 0.25) is 0 Å². The van der Waals surface area contributed by atoms with Crippen LogP contribution in [0.4, 0.5) is 5.69 Å². The molecule has 4 rings (SSSR count). The molecule has 0 unspecified atom stereocenters. The fraction of sp³-hybridized carbons (Fsp3) is 0.231. The molecule has 0 saturated carbocycles. The van der Waals surface area contributed by atoms with Crippen LogP contribution >= 0.6 is 0 Å². The lowest BCUT2D eigenvalue weighted by molar-refractivity contribution is 0.102. The lowest BCUT2D eigenvalue weighted by Gasteiger charge is -2.17. The minimum absolute atomic E-state index is 0.318. The van der Waals surface area contributed by atoms with Gasteiger partial charge in [-0.1, -0.05) is 5.16 Å². The molecule has 0 radical (unpaired) electrons. The minimum atomic E-state index is -0.318. The molecule has 2 aromatic carbocycles. The van der Waals surface area contributed by atoms with Crippen LogP contribution in [0.25, 0.3) is 11.4 Å². The third kappa shape index (κ3) is 5.90. The van der Waals surface area contributed by atoms with E-state index in [9.17, 15) is 4.79 Å². The zero-order chi connectivity index (χ0) is 25.3. The van der Waals surface area contributed by atoms with Crippen molar-refractivity contribution in [3.63, 3.8) is 0 Å². The monoisotopic (exact) mass is 490 g/mol. The second kappa shape index (κ2) is 11.7. The maximum absolute atomic E-state index is 13.0. The number of ether oxygens (including phenoxy) is 4. The molecule has 1 N–H and O–H groups in total. The maximum Gasteiger partial charge on any atom is 0.255 e. The Kier molecular flexibility index (Phi) is 7.97. The number of anilines is 1. The van der Waals surface area contributed by atoms with Gasteiger partial charge in [-0.05, 0) is 57.2 Å². The normalized spacial score (nSPS) is 10.5. The van der Waals surface area contributed by atoms with Crippen molar-refractivity contribution in [2.45, 2.75) is 20.8 Å². The van der Waals surface area contributed by atoms with E-state index in [2.05, 4.69) is 20.4 Å². The van der Waals surface area contributed by atoms with E-state index in [1.54, 1.807) is 48.5 Å². The molecule has 36 heavy (non-hydrogen) atoms. The van der Waals surface area contributed by atoms with Crippen LogP contribution in [0.1, 0.15) is 31.1 Å². The molecule has 0 fully saturated rings. The second-order valence-electron chi connectivity index (χ2n) is 7.31. The molecule has 0 aliphatic rings. The highest BCUT2D eigenvalue weighted by molar-refractivity contribution is 6.05. The quantitative estimate of drug-likeness (QED) is 0.296. The van der Waals surface area contributed by atoms with Crippen molar-refractivity contribution in [2.24, 2.45) is 0 Å². The first kappa shape index (κ1) is 24.5. The maximum atomic E-state index is 13.0. The highest BCUT2D eigenvalue weighted by Crippen LogP contribution is 2.39. The fourth-order valence-corrected chi connectivity index (χ4v) is 3.33. The first-order chi connectivity index (χ1) is 17.6. The predicted molar refractivity (Wildman–Crippen MR) is 132 cm³/mol. The van der Waals surface area contributed by atoms with E-state index in [0.717, 1.165) is 0 Å². The molecule has 2 heterocycles. The average Bonchev–Trinajstić information content (AvgIpc) is 3.43. The topological polar surface area (TPSA) is 118 Å². The van der Waals surface area contributed by atoms with Gasteiger partial charge in [0.05, 0.1) is 25.5 Å². The van der Waals surface area contributed by atoms with E-state index in [4.69, 9.17) is 23.5 Å². The summed E-state index contributed by atoms with van der Waals surface area (Å²) in [5, 5.41) is 6.74. The van der Waals surface area contributed by atoms with Crippen molar-refractivity contribution < 1.29 is 28.3 Å². The number of amides is 1. The van der Waals surface area contributed by atoms with E-state index >= 15 is 0 Å². The standard InChI is InChI=1S/C26H26N4O6/c1-4-32-22-13-17(14-23(33-5-2)25(22)34-6-3)26(31)29-18-7-9-19(10-8-18)36-24-15-21(27-16-28-24)20-11-12-35-30-20/h7-16H,4-6H2,1-3H3,(H,29,31). The van der Waals surface area contributed by atoms with E-state index in [0.29, 0.717) is 71.3 Å². The Labute approximate surface area is 208 Å².